The molecule has 0 aromatic heterocycles. The molecule has 9 nitrogen and oxygen atoms in total. The summed E-state index contributed by atoms with van der Waals surface area (Å²) in [6.07, 6.45) is 4.80. The van der Waals surface area contributed by atoms with E-state index in [1.807, 2.05) is 58.9 Å². The summed E-state index contributed by atoms with van der Waals surface area (Å²) in [6.45, 7) is 18.0. The molecule has 3 fully saturated rings. The molecule has 3 saturated heterocycles. The molecule has 41 heavy (non-hydrogen) atoms. The van der Waals surface area contributed by atoms with Gasteiger partial charge in [0.1, 0.15) is 17.4 Å². The van der Waals surface area contributed by atoms with E-state index in [2.05, 4.69) is 13.2 Å². The molecule has 1 spiro atoms. The van der Waals surface area contributed by atoms with Gasteiger partial charge in [0.05, 0.1) is 36.7 Å². The number of fused-ring (bicyclic) bond motifs is 1. The van der Waals surface area contributed by atoms with Gasteiger partial charge in [0.15, 0.2) is 0 Å². The number of amides is 3. The number of nitrogens with zero attached hydrogens (tertiary/aromatic N) is 3. The Morgan fingerprint density at radius 3 is 2.34 bits per heavy atom. The number of ether oxygens (including phenoxy) is 2. The van der Waals surface area contributed by atoms with Crippen molar-refractivity contribution in [3.05, 3.63) is 49.6 Å². The van der Waals surface area contributed by atoms with E-state index >= 15 is 0 Å². The minimum absolute atomic E-state index is 0.142. The smallest absolute Gasteiger partial charge is 0.248 e. The van der Waals surface area contributed by atoms with Crippen molar-refractivity contribution in [3.63, 3.8) is 0 Å². The zero-order chi connectivity index (χ0) is 30.1. The quantitative estimate of drug-likeness (QED) is 0.366. The fourth-order valence-electron chi connectivity index (χ4n) is 7.19. The molecule has 3 aliphatic heterocycles. The summed E-state index contributed by atoms with van der Waals surface area (Å²) in [5.74, 6) is -1.75. The van der Waals surface area contributed by atoms with Crippen LogP contribution in [0, 0.1) is 11.8 Å². The zero-order valence-corrected chi connectivity index (χ0v) is 25.0. The Hall–Kier alpha value is -3.17. The second-order valence-electron chi connectivity index (χ2n) is 11.8. The van der Waals surface area contributed by atoms with Crippen LogP contribution in [0.1, 0.15) is 53.9 Å². The number of rotatable bonds is 13. The fourth-order valence-corrected chi connectivity index (χ4v) is 7.19. The molecular weight excluding hydrogens is 522 g/mol. The summed E-state index contributed by atoms with van der Waals surface area (Å²) in [5, 5.41) is 10.3. The topological polar surface area (TPSA) is 99.6 Å². The number of carbonyl (C=O) groups is 3. The van der Waals surface area contributed by atoms with Gasteiger partial charge in [0.25, 0.3) is 0 Å². The average Bonchev–Trinajstić information content (AvgIpc) is 3.52. The highest BCUT2D eigenvalue weighted by molar-refractivity contribution is 6.03. The van der Waals surface area contributed by atoms with Crippen molar-refractivity contribution in [3.8, 4) is 5.75 Å². The third kappa shape index (κ3) is 4.97. The van der Waals surface area contributed by atoms with Gasteiger partial charge in [-0.25, -0.2) is 0 Å². The Morgan fingerprint density at radius 2 is 1.80 bits per heavy atom. The minimum atomic E-state index is -1.17. The lowest BCUT2D eigenvalue weighted by Gasteiger charge is -2.40. The molecule has 0 radical (unpaired) electrons. The normalized spacial score (nSPS) is 28.9. The Labute approximate surface area is 243 Å². The number of anilines is 1. The van der Waals surface area contributed by atoms with Crippen molar-refractivity contribution >= 4 is 23.4 Å². The predicted molar refractivity (Wildman–Crippen MR) is 157 cm³/mol. The Kier molecular flexibility index (Phi) is 8.99. The Balaban J connectivity index is 1.80. The second-order valence-corrected chi connectivity index (χ2v) is 11.8. The van der Waals surface area contributed by atoms with Crippen molar-refractivity contribution in [2.45, 2.75) is 83.2 Å². The first-order chi connectivity index (χ1) is 19.5. The van der Waals surface area contributed by atoms with Gasteiger partial charge in [-0.05, 0) is 71.2 Å². The molecule has 1 aromatic carbocycles. The molecule has 1 N–H and O–H groups in total. The molecule has 3 heterocycles. The zero-order valence-electron chi connectivity index (χ0n) is 25.0. The van der Waals surface area contributed by atoms with E-state index in [1.54, 1.807) is 22.0 Å². The second kappa shape index (κ2) is 12.0. The highest BCUT2D eigenvalue weighted by atomic mass is 16.5. The summed E-state index contributed by atoms with van der Waals surface area (Å²) in [7, 11) is 0. The van der Waals surface area contributed by atoms with Gasteiger partial charge in [0.2, 0.25) is 17.7 Å². The largest absolute Gasteiger partial charge is 0.494 e. The maximum absolute atomic E-state index is 14.5. The van der Waals surface area contributed by atoms with E-state index in [0.29, 0.717) is 43.9 Å². The Morgan fingerprint density at radius 1 is 1.15 bits per heavy atom. The van der Waals surface area contributed by atoms with Gasteiger partial charge < -0.3 is 29.3 Å². The number of carbonyl (C=O) groups excluding carboxylic acids is 3. The van der Waals surface area contributed by atoms with E-state index < -0.39 is 35.1 Å². The van der Waals surface area contributed by atoms with Gasteiger partial charge in [-0.2, -0.15) is 0 Å². The molecule has 6 atom stereocenters. The predicted octanol–water partition coefficient (Wildman–Crippen LogP) is 3.56. The van der Waals surface area contributed by atoms with E-state index in [-0.39, 0.29) is 36.9 Å². The van der Waals surface area contributed by atoms with Crippen LogP contribution in [0.15, 0.2) is 49.6 Å². The monoisotopic (exact) mass is 567 g/mol. The number of aliphatic hydroxyl groups excluding tert-OH is 1. The molecular formula is C32H45N3O6. The van der Waals surface area contributed by atoms with E-state index in [1.165, 1.54) is 4.90 Å². The molecule has 3 aliphatic rings. The Bertz CT molecular complexity index is 1160. The number of benzene rings is 1. The van der Waals surface area contributed by atoms with Crippen molar-refractivity contribution in [1.82, 2.24) is 9.80 Å². The lowest BCUT2D eigenvalue weighted by atomic mass is 9.66. The number of aliphatic hydroxyl groups is 1. The summed E-state index contributed by atoms with van der Waals surface area (Å²) >= 11 is 0. The lowest BCUT2D eigenvalue weighted by molar-refractivity contribution is -0.155. The lowest BCUT2D eigenvalue weighted by Crippen LogP contribution is -2.59. The highest BCUT2D eigenvalue weighted by Gasteiger charge is 2.78. The first kappa shape index (κ1) is 30.8. The summed E-state index contributed by atoms with van der Waals surface area (Å²) < 4.78 is 12.4. The molecule has 0 aliphatic carbocycles. The maximum Gasteiger partial charge on any atom is 0.248 e. The molecule has 2 unspecified atom stereocenters. The van der Waals surface area contributed by atoms with Crippen LogP contribution in [0.4, 0.5) is 5.69 Å². The van der Waals surface area contributed by atoms with Crippen molar-refractivity contribution in [2.75, 3.05) is 31.2 Å². The van der Waals surface area contributed by atoms with Crippen LogP contribution in [0.2, 0.25) is 0 Å². The van der Waals surface area contributed by atoms with Gasteiger partial charge in [-0.3, -0.25) is 14.4 Å². The summed E-state index contributed by atoms with van der Waals surface area (Å²) in [5.41, 5.74) is -1.43. The number of hydrogen-bond acceptors (Lipinski definition) is 6. The minimum Gasteiger partial charge on any atom is -0.494 e. The van der Waals surface area contributed by atoms with E-state index in [0.717, 1.165) is 0 Å². The van der Waals surface area contributed by atoms with Crippen molar-refractivity contribution < 1.29 is 29.0 Å². The van der Waals surface area contributed by atoms with Gasteiger partial charge in [-0.1, -0.05) is 19.1 Å². The molecule has 9 heteroatoms. The number of hydrogen-bond donors (Lipinski definition) is 1. The molecule has 1 aromatic rings. The average molecular weight is 568 g/mol. The van der Waals surface area contributed by atoms with E-state index in [4.69, 9.17) is 9.47 Å². The third-order valence-electron chi connectivity index (χ3n) is 9.06. The van der Waals surface area contributed by atoms with Gasteiger partial charge in [0, 0.05) is 24.8 Å². The first-order valence-corrected chi connectivity index (χ1v) is 14.7. The van der Waals surface area contributed by atoms with Crippen LogP contribution in [-0.2, 0) is 19.1 Å². The SMILES string of the molecule is C=CCN(C(=O)[C@@H]1[C@H]2C(=O)N([C@@H](CC)CO)C(C(=O)N(CC=C)C(C)C)C23CC[C@@]1(C)O3)c1ccc(OCC)cc1. The van der Waals surface area contributed by atoms with Crippen LogP contribution >= 0.6 is 0 Å². The van der Waals surface area contributed by atoms with Crippen molar-refractivity contribution in [2.24, 2.45) is 11.8 Å². The molecule has 224 valence electrons. The van der Waals surface area contributed by atoms with Crippen molar-refractivity contribution in [1.29, 1.82) is 0 Å². The molecule has 3 amide bonds. The van der Waals surface area contributed by atoms with Gasteiger partial charge in [-0.15, -0.1) is 13.2 Å². The summed E-state index contributed by atoms with van der Waals surface area (Å²) in [4.78, 5) is 48.1. The first-order valence-electron chi connectivity index (χ1n) is 14.7. The van der Waals surface area contributed by atoms with Crippen LogP contribution in [0.3, 0.4) is 0 Å². The highest BCUT2D eigenvalue weighted by Crippen LogP contribution is 2.64. The molecule has 0 saturated carbocycles. The van der Waals surface area contributed by atoms with Crippen LogP contribution in [0.5, 0.6) is 5.75 Å². The van der Waals surface area contributed by atoms with Gasteiger partial charge >= 0.3 is 0 Å². The number of likely N-dealkylation sites (tertiary alicyclic amines) is 1. The third-order valence-corrected chi connectivity index (χ3v) is 9.06. The standard InChI is InChI=1S/C32H45N3O6/c1-8-18-33(21(5)6)30(39)27-32-17-16-31(7,41-32)25(26(32)29(38)35(27)22(10-3)20-36)28(37)34(19-9-2)23-12-14-24(15-13-23)40-11-4/h8-9,12-15,21-22,25-27,36H,1-2,10-11,16-20H2,3-7H3/t22-,25-,26-,27?,31+,32?/m0/s1. The molecule has 2 bridgehead atoms. The molecule has 4 rings (SSSR count). The van der Waals surface area contributed by atoms with Crippen LogP contribution in [0.25, 0.3) is 0 Å². The maximum atomic E-state index is 14.5. The van der Waals surface area contributed by atoms with E-state index in [9.17, 15) is 19.5 Å². The van der Waals surface area contributed by atoms with Crippen LogP contribution in [-0.4, -0.2) is 88.3 Å². The van der Waals surface area contributed by atoms with Crippen LogP contribution < -0.4 is 9.64 Å². The summed E-state index contributed by atoms with van der Waals surface area (Å²) in [6, 6.07) is 5.61. The fraction of sp³-hybridized carbons (Fsp3) is 0.594.